The topological polar surface area (TPSA) is 57.3 Å². The SMILES string of the molecule is S=C(NCc1ccccc1)NNC(=S)NC[C@H]1CCCO1. The highest BCUT2D eigenvalue weighted by molar-refractivity contribution is 7.80. The first-order chi connectivity index (χ1) is 10.2. The largest absolute Gasteiger partial charge is 0.376 e. The molecular weight excluding hydrogens is 304 g/mol. The lowest BCUT2D eigenvalue weighted by molar-refractivity contribution is 0.114. The van der Waals surface area contributed by atoms with Gasteiger partial charge >= 0.3 is 0 Å². The molecule has 0 amide bonds. The molecule has 4 N–H and O–H groups in total. The zero-order valence-electron chi connectivity index (χ0n) is 11.7. The van der Waals surface area contributed by atoms with Crippen LogP contribution in [0, 0.1) is 0 Å². The van der Waals surface area contributed by atoms with Crippen LogP contribution >= 0.6 is 24.4 Å². The number of hydrazine groups is 1. The van der Waals surface area contributed by atoms with Gasteiger partial charge in [-0.25, -0.2) is 0 Å². The van der Waals surface area contributed by atoms with Crippen molar-refractivity contribution in [3.8, 4) is 0 Å². The van der Waals surface area contributed by atoms with Crippen molar-refractivity contribution >= 4 is 34.7 Å². The van der Waals surface area contributed by atoms with E-state index in [-0.39, 0.29) is 6.10 Å². The molecule has 21 heavy (non-hydrogen) atoms. The van der Waals surface area contributed by atoms with Crippen molar-refractivity contribution in [3.63, 3.8) is 0 Å². The van der Waals surface area contributed by atoms with Crippen LogP contribution in [0.4, 0.5) is 0 Å². The van der Waals surface area contributed by atoms with Gasteiger partial charge in [0.05, 0.1) is 6.10 Å². The van der Waals surface area contributed by atoms with Crippen LogP contribution in [0.2, 0.25) is 0 Å². The number of nitrogens with one attached hydrogen (secondary N) is 4. The molecule has 0 aromatic heterocycles. The maximum Gasteiger partial charge on any atom is 0.185 e. The second-order valence-electron chi connectivity index (χ2n) is 4.76. The smallest absolute Gasteiger partial charge is 0.185 e. The van der Waals surface area contributed by atoms with Gasteiger partial charge in [-0.3, -0.25) is 10.9 Å². The summed E-state index contributed by atoms with van der Waals surface area (Å²) in [5.74, 6) is 0. The van der Waals surface area contributed by atoms with Crippen LogP contribution in [0.1, 0.15) is 18.4 Å². The second-order valence-corrected chi connectivity index (χ2v) is 5.58. The third-order valence-corrected chi connectivity index (χ3v) is 3.59. The summed E-state index contributed by atoms with van der Waals surface area (Å²) in [5, 5.41) is 7.21. The molecule has 1 saturated heterocycles. The third-order valence-electron chi connectivity index (χ3n) is 3.10. The number of hydrogen-bond donors (Lipinski definition) is 4. The summed E-state index contributed by atoms with van der Waals surface area (Å²) in [6.45, 7) is 2.24. The van der Waals surface area contributed by atoms with Crippen molar-refractivity contribution < 1.29 is 4.74 Å². The molecule has 0 aliphatic carbocycles. The molecular formula is C14H20N4OS2. The standard InChI is InChI=1S/C14H20N4OS2/c20-13(15-9-11-5-2-1-3-6-11)17-18-14(21)16-10-12-7-4-8-19-12/h1-3,5-6,12H,4,7-10H2,(H2,15,17,20)(H2,16,18,21)/t12-/m1/s1. The summed E-state index contributed by atoms with van der Waals surface area (Å²) < 4.78 is 5.51. The van der Waals surface area contributed by atoms with Gasteiger partial charge in [0.1, 0.15) is 0 Å². The molecule has 114 valence electrons. The molecule has 1 aromatic rings. The van der Waals surface area contributed by atoms with Crippen molar-refractivity contribution in [1.29, 1.82) is 0 Å². The summed E-state index contributed by atoms with van der Waals surface area (Å²) in [7, 11) is 0. The molecule has 1 atom stereocenters. The normalized spacial score (nSPS) is 17.0. The van der Waals surface area contributed by atoms with Crippen LogP contribution in [-0.4, -0.2) is 29.5 Å². The van der Waals surface area contributed by atoms with Gasteiger partial charge in [0, 0.05) is 19.7 Å². The third kappa shape index (κ3) is 6.24. The Balaban J connectivity index is 1.56. The van der Waals surface area contributed by atoms with Crippen LogP contribution in [0.15, 0.2) is 30.3 Å². The average Bonchev–Trinajstić information content (AvgIpc) is 3.03. The van der Waals surface area contributed by atoms with Gasteiger partial charge in [-0.2, -0.15) is 0 Å². The molecule has 1 aromatic carbocycles. The number of rotatable bonds is 4. The van der Waals surface area contributed by atoms with Gasteiger partial charge in [0.15, 0.2) is 10.2 Å². The Bertz CT molecular complexity index is 463. The molecule has 0 saturated carbocycles. The fourth-order valence-electron chi connectivity index (χ4n) is 1.99. The van der Waals surface area contributed by atoms with Gasteiger partial charge < -0.3 is 15.4 Å². The summed E-state index contributed by atoms with van der Waals surface area (Å²) in [6, 6.07) is 10.1. The molecule has 0 bridgehead atoms. The first-order valence-electron chi connectivity index (χ1n) is 6.97. The van der Waals surface area contributed by atoms with E-state index in [4.69, 9.17) is 29.2 Å². The van der Waals surface area contributed by atoms with Crippen molar-refractivity contribution in [2.75, 3.05) is 13.2 Å². The van der Waals surface area contributed by atoms with Crippen molar-refractivity contribution in [2.45, 2.75) is 25.5 Å². The highest BCUT2D eigenvalue weighted by atomic mass is 32.1. The molecule has 0 spiro atoms. The van der Waals surface area contributed by atoms with Crippen LogP contribution in [-0.2, 0) is 11.3 Å². The molecule has 5 nitrogen and oxygen atoms in total. The summed E-state index contributed by atoms with van der Waals surface area (Å²) in [6.07, 6.45) is 2.46. The quantitative estimate of drug-likeness (QED) is 0.491. The fourth-order valence-corrected chi connectivity index (χ4v) is 2.25. The Kier molecular flexibility index (Phi) is 6.65. The molecule has 1 aliphatic rings. The molecule has 1 fully saturated rings. The zero-order chi connectivity index (χ0) is 14.9. The predicted molar refractivity (Wildman–Crippen MR) is 91.7 cm³/mol. The van der Waals surface area contributed by atoms with Gasteiger partial charge in [-0.05, 0) is 42.8 Å². The van der Waals surface area contributed by atoms with Crippen molar-refractivity contribution in [2.24, 2.45) is 0 Å². The van der Waals surface area contributed by atoms with E-state index in [1.807, 2.05) is 30.3 Å². The monoisotopic (exact) mass is 324 g/mol. The minimum Gasteiger partial charge on any atom is -0.376 e. The number of thiocarbonyl (C=S) groups is 2. The Morgan fingerprint density at radius 2 is 1.81 bits per heavy atom. The van der Waals surface area contributed by atoms with E-state index >= 15 is 0 Å². The zero-order valence-corrected chi connectivity index (χ0v) is 13.4. The van der Waals surface area contributed by atoms with Gasteiger partial charge in [-0.15, -0.1) is 0 Å². The maximum absolute atomic E-state index is 5.51. The van der Waals surface area contributed by atoms with Gasteiger partial charge in [0.25, 0.3) is 0 Å². The lowest BCUT2D eigenvalue weighted by Gasteiger charge is -2.16. The lowest BCUT2D eigenvalue weighted by atomic mass is 10.2. The Morgan fingerprint density at radius 3 is 2.48 bits per heavy atom. The van der Waals surface area contributed by atoms with Crippen molar-refractivity contribution in [3.05, 3.63) is 35.9 Å². The van der Waals surface area contributed by atoms with E-state index in [9.17, 15) is 0 Å². The molecule has 0 radical (unpaired) electrons. The molecule has 1 aliphatic heterocycles. The van der Waals surface area contributed by atoms with Gasteiger partial charge in [0.2, 0.25) is 0 Å². The first-order valence-corrected chi connectivity index (χ1v) is 7.79. The van der Waals surface area contributed by atoms with Gasteiger partial charge in [-0.1, -0.05) is 30.3 Å². The van der Waals surface area contributed by atoms with Crippen molar-refractivity contribution in [1.82, 2.24) is 21.5 Å². The molecule has 7 heteroatoms. The van der Waals surface area contributed by atoms with E-state index in [0.717, 1.165) is 26.0 Å². The van der Waals surface area contributed by atoms with E-state index in [0.29, 0.717) is 16.8 Å². The second kappa shape index (κ2) is 8.76. The Morgan fingerprint density at radius 1 is 1.10 bits per heavy atom. The van der Waals surface area contributed by atoms with Crippen LogP contribution in [0.5, 0.6) is 0 Å². The first kappa shape index (κ1) is 15.9. The Hall–Kier alpha value is -1.44. The average molecular weight is 324 g/mol. The van der Waals surface area contributed by atoms with Crippen LogP contribution in [0.3, 0.4) is 0 Å². The highest BCUT2D eigenvalue weighted by Crippen LogP contribution is 2.10. The van der Waals surface area contributed by atoms with Crippen LogP contribution in [0.25, 0.3) is 0 Å². The number of hydrogen-bond acceptors (Lipinski definition) is 3. The van der Waals surface area contributed by atoms with Crippen LogP contribution < -0.4 is 21.5 Å². The number of ether oxygens (including phenoxy) is 1. The Labute approximate surface area is 135 Å². The number of benzene rings is 1. The molecule has 2 rings (SSSR count). The fraction of sp³-hybridized carbons (Fsp3) is 0.429. The summed E-state index contributed by atoms with van der Waals surface area (Å²) >= 11 is 10.3. The maximum atomic E-state index is 5.51. The molecule has 1 heterocycles. The lowest BCUT2D eigenvalue weighted by Crippen LogP contribution is -2.51. The van der Waals surface area contributed by atoms with E-state index < -0.39 is 0 Å². The van der Waals surface area contributed by atoms with E-state index in [1.165, 1.54) is 5.56 Å². The summed E-state index contributed by atoms with van der Waals surface area (Å²) in [5.41, 5.74) is 6.87. The van der Waals surface area contributed by atoms with E-state index in [2.05, 4.69) is 21.5 Å². The predicted octanol–water partition coefficient (Wildman–Crippen LogP) is 1.21. The molecule has 0 unspecified atom stereocenters. The summed E-state index contributed by atoms with van der Waals surface area (Å²) in [4.78, 5) is 0. The minimum absolute atomic E-state index is 0.257. The minimum atomic E-state index is 0.257. The van der Waals surface area contributed by atoms with E-state index in [1.54, 1.807) is 0 Å². The highest BCUT2D eigenvalue weighted by Gasteiger charge is 2.15.